The van der Waals surface area contributed by atoms with E-state index in [4.69, 9.17) is 5.11 Å². The van der Waals surface area contributed by atoms with Gasteiger partial charge in [0.2, 0.25) is 0 Å². The lowest BCUT2D eigenvalue weighted by Gasteiger charge is -2.21. The summed E-state index contributed by atoms with van der Waals surface area (Å²) in [7, 11) is 0. The van der Waals surface area contributed by atoms with Gasteiger partial charge in [0.25, 0.3) is 0 Å². The molecule has 0 saturated heterocycles. The highest BCUT2D eigenvalue weighted by Crippen LogP contribution is 2.34. The third kappa shape index (κ3) is 2.54. The highest BCUT2D eigenvalue weighted by Gasteiger charge is 2.24. The molecule has 2 aliphatic rings. The normalized spacial score (nSPS) is 18.8. The maximum Gasteiger partial charge on any atom is 0.328 e. The molecule has 0 atom stereocenters. The Kier molecular flexibility index (Phi) is 3.25. The van der Waals surface area contributed by atoms with Gasteiger partial charge in [0.15, 0.2) is 0 Å². The fraction of sp³-hybridized carbons (Fsp3) is 0.250. The van der Waals surface area contributed by atoms with E-state index < -0.39 is 5.97 Å². The van der Waals surface area contributed by atoms with Gasteiger partial charge in [-0.2, -0.15) is 0 Å². The molecule has 1 aliphatic carbocycles. The van der Waals surface area contributed by atoms with E-state index in [0.717, 1.165) is 22.4 Å². The molecule has 0 bridgehead atoms. The zero-order valence-corrected chi connectivity index (χ0v) is 11.7. The molecule has 21 heavy (non-hydrogen) atoms. The summed E-state index contributed by atoms with van der Waals surface area (Å²) in [5.41, 5.74) is 4.45. The van der Waals surface area contributed by atoms with Crippen LogP contribution in [0.1, 0.15) is 23.2 Å². The lowest BCUT2D eigenvalue weighted by molar-refractivity contribution is -0.131. The first-order valence-electron chi connectivity index (χ1n) is 6.77. The van der Waals surface area contributed by atoms with Crippen LogP contribution < -0.4 is 0 Å². The van der Waals surface area contributed by atoms with Gasteiger partial charge in [0, 0.05) is 36.6 Å². The molecule has 0 saturated carbocycles. The second-order valence-corrected chi connectivity index (χ2v) is 5.28. The molecule has 0 fully saturated rings. The molecule has 0 spiro atoms. The summed E-state index contributed by atoms with van der Waals surface area (Å²) >= 11 is 0. The Labute approximate surface area is 122 Å². The molecule has 2 heterocycles. The van der Waals surface area contributed by atoms with E-state index in [-0.39, 0.29) is 5.75 Å². The molecular weight excluding hydrogens is 268 g/mol. The van der Waals surface area contributed by atoms with E-state index >= 15 is 0 Å². The highest BCUT2D eigenvalue weighted by molar-refractivity contribution is 5.81. The number of aromatic nitrogens is 1. The minimum absolute atomic E-state index is 0.279. The standard InChI is InChI=1S/C16H16N2O3/c1-10-16(21)14-9-18(8-12(14)7-17-10)13-4-2-11(3-5-13)6-15(19)20/h2,4-7,21H,3,8-9H2,1H3,(H,19,20). The molecule has 0 aromatic carbocycles. The molecule has 2 N–H and O–H groups in total. The monoisotopic (exact) mass is 284 g/mol. The summed E-state index contributed by atoms with van der Waals surface area (Å²) < 4.78 is 0. The molecule has 0 amide bonds. The fourth-order valence-corrected chi connectivity index (χ4v) is 2.68. The zero-order valence-electron chi connectivity index (χ0n) is 11.7. The van der Waals surface area contributed by atoms with E-state index in [1.165, 1.54) is 6.08 Å². The number of carboxylic acids is 1. The van der Waals surface area contributed by atoms with Gasteiger partial charge < -0.3 is 15.1 Å². The summed E-state index contributed by atoms with van der Waals surface area (Å²) in [6, 6.07) is 0. The fourth-order valence-electron chi connectivity index (χ4n) is 2.68. The van der Waals surface area contributed by atoms with Crippen molar-refractivity contribution in [1.82, 2.24) is 9.88 Å². The van der Waals surface area contributed by atoms with Crippen LogP contribution in [0.3, 0.4) is 0 Å². The number of pyridine rings is 1. The minimum atomic E-state index is -0.924. The number of aromatic hydroxyl groups is 1. The summed E-state index contributed by atoms with van der Waals surface area (Å²) in [6.07, 6.45) is 9.40. The van der Waals surface area contributed by atoms with Gasteiger partial charge in [-0.15, -0.1) is 0 Å². The van der Waals surface area contributed by atoms with E-state index in [9.17, 15) is 9.90 Å². The summed E-state index contributed by atoms with van der Waals surface area (Å²) in [5.74, 6) is -0.645. The predicted octanol–water partition coefficient (Wildman–Crippen LogP) is 2.27. The van der Waals surface area contributed by atoms with Crippen LogP contribution in [0.4, 0.5) is 0 Å². The van der Waals surface area contributed by atoms with Crippen molar-refractivity contribution < 1.29 is 15.0 Å². The first-order valence-corrected chi connectivity index (χ1v) is 6.77. The number of carboxylic acid groups (broad SMARTS) is 1. The molecule has 1 aliphatic heterocycles. The maximum atomic E-state index is 10.6. The number of hydrogen-bond acceptors (Lipinski definition) is 4. The van der Waals surface area contributed by atoms with Crippen LogP contribution >= 0.6 is 0 Å². The van der Waals surface area contributed by atoms with Crippen molar-refractivity contribution in [2.24, 2.45) is 0 Å². The van der Waals surface area contributed by atoms with Crippen LogP contribution in [0.2, 0.25) is 0 Å². The lowest BCUT2D eigenvalue weighted by atomic mass is 10.1. The Morgan fingerprint density at radius 1 is 1.38 bits per heavy atom. The SMILES string of the molecule is Cc1ncc2c(c1O)CN(C1=CCC(=CC(=O)O)C=C1)C2. The van der Waals surface area contributed by atoms with E-state index in [2.05, 4.69) is 9.88 Å². The third-order valence-electron chi connectivity index (χ3n) is 3.83. The third-order valence-corrected chi connectivity index (χ3v) is 3.83. The summed E-state index contributed by atoms with van der Waals surface area (Å²) in [4.78, 5) is 17.0. The van der Waals surface area contributed by atoms with Crippen molar-refractivity contribution >= 4 is 5.97 Å². The van der Waals surface area contributed by atoms with Crippen LogP contribution in [-0.4, -0.2) is 26.1 Å². The highest BCUT2D eigenvalue weighted by atomic mass is 16.4. The number of allylic oxidation sites excluding steroid dienone is 4. The van der Waals surface area contributed by atoms with Gasteiger partial charge in [-0.05, 0) is 30.6 Å². The van der Waals surface area contributed by atoms with E-state index in [1.807, 2.05) is 24.4 Å². The minimum Gasteiger partial charge on any atom is -0.506 e. The van der Waals surface area contributed by atoms with Gasteiger partial charge in [0.05, 0.1) is 5.69 Å². The maximum absolute atomic E-state index is 10.6. The van der Waals surface area contributed by atoms with Crippen LogP contribution in [-0.2, 0) is 17.9 Å². The molecule has 1 aromatic heterocycles. The van der Waals surface area contributed by atoms with Crippen molar-refractivity contribution in [2.75, 3.05) is 0 Å². The molecular formula is C16H16N2O3. The Hall–Kier alpha value is -2.56. The topological polar surface area (TPSA) is 73.7 Å². The molecule has 108 valence electrons. The van der Waals surface area contributed by atoms with E-state index in [1.54, 1.807) is 6.92 Å². The average Bonchev–Trinajstić information content (AvgIpc) is 2.88. The van der Waals surface area contributed by atoms with Gasteiger partial charge in [-0.1, -0.05) is 12.2 Å². The molecule has 0 radical (unpaired) electrons. The summed E-state index contributed by atoms with van der Waals surface area (Å²) in [6.45, 7) is 3.16. The molecule has 5 nitrogen and oxygen atoms in total. The second kappa shape index (κ2) is 5.09. The van der Waals surface area contributed by atoms with Gasteiger partial charge >= 0.3 is 5.97 Å². The Balaban J connectivity index is 1.78. The summed E-state index contributed by atoms with van der Waals surface area (Å²) in [5, 5.41) is 18.8. The first-order chi connectivity index (χ1) is 10.0. The number of rotatable bonds is 2. The molecule has 0 unspecified atom stereocenters. The van der Waals surface area contributed by atoms with Crippen molar-refractivity contribution in [3.8, 4) is 5.75 Å². The molecule has 3 rings (SSSR count). The number of carbonyl (C=O) groups is 1. The number of nitrogens with zero attached hydrogens (tertiary/aromatic N) is 2. The second-order valence-electron chi connectivity index (χ2n) is 5.28. The van der Waals surface area contributed by atoms with Crippen molar-refractivity contribution in [1.29, 1.82) is 0 Å². The van der Waals surface area contributed by atoms with Crippen LogP contribution in [0, 0.1) is 6.92 Å². The smallest absolute Gasteiger partial charge is 0.328 e. The Morgan fingerprint density at radius 3 is 2.86 bits per heavy atom. The van der Waals surface area contributed by atoms with Crippen LogP contribution in [0.5, 0.6) is 5.75 Å². The lowest BCUT2D eigenvalue weighted by Crippen LogP contribution is -2.15. The van der Waals surface area contributed by atoms with Crippen molar-refractivity contribution in [3.05, 3.63) is 58.6 Å². The van der Waals surface area contributed by atoms with Crippen molar-refractivity contribution in [2.45, 2.75) is 26.4 Å². The number of aliphatic carboxylic acids is 1. The largest absolute Gasteiger partial charge is 0.506 e. The number of hydrogen-bond donors (Lipinski definition) is 2. The van der Waals surface area contributed by atoms with Crippen LogP contribution in [0.15, 0.2) is 41.8 Å². The van der Waals surface area contributed by atoms with Gasteiger partial charge in [-0.25, -0.2) is 4.79 Å². The van der Waals surface area contributed by atoms with Crippen molar-refractivity contribution in [3.63, 3.8) is 0 Å². The average molecular weight is 284 g/mol. The number of aryl methyl sites for hydroxylation is 1. The zero-order chi connectivity index (χ0) is 15.0. The Morgan fingerprint density at radius 2 is 2.19 bits per heavy atom. The molecule has 5 heteroatoms. The van der Waals surface area contributed by atoms with Crippen LogP contribution in [0.25, 0.3) is 0 Å². The quantitative estimate of drug-likeness (QED) is 0.815. The number of fused-ring (bicyclic) bond motifs is 1. The van der Waals surface area contributed by atoms with E-state index in [0.29, 0.717) is 25.2 Å². The van der Waals surface area contributed by atoms with Gasteiger partial charge in [0.1, 0.15) is 5.75 Å². The molecule has 1 aromatic rings. The van der Waals surface area contributed by atoms with Gasteiger partial charge in [-0.3, -0.25) is 4.98 Å². The predicted molar refractivity (Wildman–Crippen MR) is 77.4 cm³/mol. The first kappa shape index (κ1) is 13.4. The Bertz CT molecular complexity index is 702.